The lowest BCUT2D eigenvalue weighted by molar-refractivity contribution is 0.0947. The third kappa shape index (κ3) is 2.33. The Balaban J connectivity index is 1.76. The van der Waals surface area contributed by atoms with Crippen LogP contribution in [0.5, 0.6) is 5.75 Å². The average Bonchev–Trinajstić information content (AvgIpc) is 2.89. The van der Waals surface area contributed by atoms with E-state index in [1.807, 2.05) is 30.3 Å². The molecule has 0 unspecified atom stereocenters. The summed E-state index contributed by atoms with van der Waals surface area (Å²) in [5.41, 5.74) is 2.04. The second-order valence-electron chi connectivity index (χ2n) is 4.47. The van der Waals surface area contributed by atoms with Crippen LogP contribution in [0.3, 0.4) is 0 Å². The minimum atomic E-state index is -0.245. The summed E-state index contributed by atoms with van der Waals surface area (Å²) >= 11 is 0. The highest BCUT2D eigenvalue weighted by Crippen LogP contribution is 2.15. The molecule has 1 heterocycles. The monoisotopic (exact) mass is 267 g/mol. The number of nitrogens with zero attached hydrogens (tertiary/aromatic N) is 1. The van der Waals surface area contributed by atoms with E-state index in [0.717, 1.165) is 16.5 Å². The molecule has 100 valence electrons. The summed E-state index contributed by atoms with van der Waals surface area (Å²) in [7, 11) is 0. The quantitative estimate of drug-likeness (QED) is 0.680. The van der Waals surface area contributed by atoms with Gasteiger partial charge in [0.05, 0.1) is 5.52 Å². The van der Waals surface area contributed by atoms with E-state index in [1.54, 1.807) is 18.2 Å². The van der Waals surface area contributed by atoms with Gasteiger partial charge in [0.25, 0.3) is 5.91 Å². The lowest BCUT2D eigenvalue weighted by Crippen LogP contribution is -2.23. The first-order chi connectivity index (χ1) is 9.74. The molecule has 0 fully saturated rings. The van der Waals surface area contributed by atoms with Gasteiger partial charge in [0.2, 0.25) is 0 Å². The lowest BCUT2D eigenvalue weighted by Gasteiger charge is -2.04. The lowest BCUT2D eigenvalue weighted by atomic mass is 10.2. The van der Waals surface area contributed by atoms with Gasteiger partial charge >= 0.3 is 0 Å². The summed E-state index contributed by atoms with van der Waals surface area (Å²) in [5.74, 6) is -0.0623. The number of aromatic amines is 1. The van der Waals surface area contributed by atoms with E-state index in [4.69, 9.17) is 0 Å². The number of aromatic nitrogens is 2. The number of hydrogen-bond donors (Lipinski definition) is 3. The fraction of sp³-hybridized carbons (Fsp3) is 0.0667. The molecule has 0 aliphatic heterocycles. The van der Waals surface area contributed by atoms with Gasteiger partial charge in [-0.05, 0) is 23.8 Å². The highest BCUT2D eigenvalue weighted by atomic mass is 16.3. The molecule has 20 heavy (non-hydrogen) atoms. The van der Waals surface area contributed by atoms with Crippen LogP contribution in [0, 0.1) is 0 Å². The Kier molecular flexibility index (Phi) is 3.09. The highest BCUT2D eigenvalue weighted by Gasteiger charge is 2.13. The number of carbonyl (C=O) groups excluding carboxylic acids is 1. The second kappa shape index (κ2) is 5.05. The van der Waals surface area contributed by atoms with Crippen molar-refractivity contribution in [2.24, 2.45) is 0 Å². The summed E-state index contributed by atoms with van der Waals surface area (Å²) in [5, 5.41) is 19.8. The second-order valence-corrected chi connectivity index (χ2v) is 4.47. The van der Waals surface area contributed by atoms with Gasteiger partial charge < -0.3 is 10.4 Å². The molecule has 0 radical (unpaired) electrons. The van der Waals surface area contributed by atoms with Crippen LogP contribution in [0.25, 0.3) is 10.9 Å². The molecule has 3 N–H and O–H groups in total. The van der Waals surface area contributed by atoms with Gasteiger partial charge in [0.1, 0.15) is 5.75 Å². The Morgan fingerprint density at radius 2 is 2.05 bits per heavy atom. The number of aromatic hydroxyl groups is 1. The molecule has 3 rings (SSSR count). The number of phenolic OH excluding ortho intramolecular Hbond substituents is 1. The summed E-state index contributed by atoms with van der Waals surface area (Å²) in [4.78, 5) is 12.1. The van der Waals surface area contributed by atoms with Gasteiger partial charge in [0, 0.05) is 11.9 Å². The van der Waals surface area contributed by atoms with E-state index in [-0.39, 0.29) is 11.7 Å². The maximum Gasteiger partial charge on any atom is 0.272 e. The van der Waals surface area contributed by atoms with Crippen molar-refractivity contribution in [3.05, 3.63) is 59.8 Å². The Morgan fingerprint density at radius 1 is 1.20 bits per heavy atom. The van der Waals surface area contributed by atoms with Crippen LogP contribution >= 0.6 is 0 Å². The SMILES string of the molecule is O=C(NCc1cccc(O)c1)c1n[nH]c2ccccc12. The number of fused-ring (bicyclic) bond motifs is 1. The van der Waals surface area contributed by atoms with Crippen LogP contribution in [0.1, 0.15) is 16.1 Å². The van der Waals surface area contributed by atoms with E-state index in [0.29, 0.717) is 12.2 Å². The standard InChI is InChI=1S/C15H13N3O2/c19-11-5-3-4-10(8-11)9-16-15(20)14-12-6-1-2-7-13(12)17-18-14/h1-8,19H,9H2,(H,16,20)(H,17,18). The topological polar surface area (TPSA) is 78.0 Å². The molecule has 1 aromatic heterocycles. The van der Waals surface area contributed by atoms with Crippen LogP contribution < -0.4 is 5.32 Å². The van der Waals surface area contributed by atoms with Crippen molar-refractivity contribution in [1.29, 1.82) is 0 Å². The molecule has 0 aliphatic carbocycles. The van der Waals surface area contributed by atoms with E-state index in [9.17, 15) is 9.90 Å². The molecular formula is C15H13N3O2. The summed E-state index contributed by atoms with van der Waals surface area (Å²) in [6.45, 7) is 0.342. The van der Waals surface area contributed by atoms with Gasteiger partial charge in [-0.2, -0.15) is 5.10 Å². The van der Waals surface area contributed by atoms with E-state index in [2.05, 4.69) is 15.5 Å². The van der Waals surface area contributed by atoms with E-state index >= 15 is 0 Å². The predicted molar refractivity (Wildman–Crippen MR) is 75.4 cm³/mol. The van der Waals surface area contributed by atoms with Gasteiger partial charge in [-0.25, -0.2) is 0 Å². The molecule has 5 nitrogen and oxygen atoms in total. The summed E-state index contributed by atoms with van der Waals surface area (Å²) in [6, 6.07) is 14.2. The molecular weight excluding hydrogens is 254 g/mol. The first-order valence-electron chi connectivity index (χ1n) is 6.23. The fourth-order valence-corrected chi connectivity index (χ4v) is 2.07. The number of nitrogens with one attached hydrogen (secondary N) is 2. The zero-order chi connectivity index (χ0) is 13.9. The number of rotatable bonds is 3. The molecule has 0 saturated heterocycles. The van der Waals surface area contributed by atoms with Crippen molar-refractivity contribution < 1.29 is 9.90 Å². The Labute approximate surface area is 115 Å². The number of H-pyrrole nitrogens is 1. The predicted octanol–water partition coefficient (Wildman–Crippen LogP) is 2.20. The van der Waals surface area contributed by atoms with Crippen molar-refractivity contribution in [3.8, 4) is 5.75 Å². The van der Waals surface area contributed by atoms with Gasteiger partial charge in [0.15, 0.2) is 5.69 Å². The van der Waals surface area contributed by atoms with Gasteiger partial charge in [-0.1, -0.05) is 30.3 Å². The van der Waals surface area contributed by atoms with Crippen molar-refractivity contribution in [2.75, 3.05) is 0 Å². The van der Waals surface area contributed by atoms with Crippen LogP contribution in [0.2, 0.25) is 0 Å². The minimum Gasteiger partial charge on any atom is -0.508 e. The highest BCUT2D eigenvalue weighted by molar-refractivity contribution is 6.04. The van der Waals surface area contributed by atoms with Crippen LogP contribution in [0.15, 0.2) is 48.5 Å². The maximum absolute atomic E-state index is 12.1. The smallest absolute Gasteiger partial charge is 0.272 e. The molecule has 0 aliphatic rings. The molecule has 2 aromatic carbocycles. The third-order valence-electron chi connectivity index (χ3n) is 3.05. The number of amides is 1. The van der Waals surface area contributed by atoms with Gasteiger partial charge in [-0.3, -0.25) is 9.89 Å². The van der Waals surface area contributed by atoms with Gasteiger partial charge in [-0.15, -0.1) is 0 Å². The third-order valence-corrected chi connectivity index (χ3v) is 3.05. The molecule has 5 heteroatoms. The van der Waals surface area contributed by atoms with Crippen molar-refractivity contribution in [3.63, 3.8) is 0 Å². The minimum absolute atomic E-state index is 0.182. The largest absolute Gasteiger partial charge is 0.508 e. The van der Waals surface area contributed by atoms with Crippen molar-refractivity contribution in [1.82, 2.24) is 15.5 Å². The van der Waals surface area contributed by atoms with Crippen molar-refractivity contribution in [2.45, 2.75) is 6.54 Å². The van der Waals surface area contributed by atoms with Crippen molar-refractivity contribution >= 4 is 16.8 Å². The Bertz CT molecular complexity index is 764. The number of benzene rings is 2. The molecule has 3 aromatic rings. The first-order valence-corrected chi connectivity index (χ1v) is 6.23. The normalized spacial score (nSPS) is 10.6. The molecule has 0 spiro atoms. The van der Waals surface area contributed by atoms with Crippen LogP contribution in [0.4, 0.5) is 0 Å². The number of para-hydroxylation sites is 1. The first kappa shape index (κ1) is 12.2. The molecule has 0 bridgehead atoms. The molecule has 0 atom stereocenters. The zero-order valence-corrected chi connectivity index (χ0v) is 10.6. The molecule has 0 saturated carbocycles. The van der Waals surface area contributed by atoms with Crippen LogP contribution in [-0.4, -0.2) is 21.2 Å². The summed E-state index contributed by atoms with van der Waals surface area (Å²) < 4.78 is 0. The van der Waals surface area contributed by atoms with Crippen LogP contribution in [-0.2, 0) is 6.54 Å². The number of hydrogen-bond acceptors (Lipinski definition) is 3. The molecule has 1 amide bonds. The fourth-order valence-electron chi connectivity index (χ4n) is 2.07. The Hall–Kier alpha value is -2.82. The Morgan fingerprint density at radius 3 is 2.90 bits per heavy atom. The van der Waals surface area contributed by atoms with E-state index < -0.39 is 0 Å². The average molecular weight is 267 g/mol. The number of phenols is 1. The van der Waals surface area contributed by atoms with E-state index in [1.165, 1.54) is 0 Å². The maximum atomic E-state index is 12.1. The number of carbonyl (C=O) groups is 1. The zero-order valence-electron chi connectivity index (χ0n) is 10.6. The summed E-state index contributed by atoms with van der Waals surface area (Å²) in [6.07, 6.45) is 0.